The smallest absolute Gasteiger partial charge is 0.326 e. The molecule has 6 nitrogen and oxygen atoms in total. The van der Waals surface area contributed by atoms with Gasteiger partial charge in [-0.05, 0) is 30.0 Å². The lowest BCUT2D eigenvalue weighted by Crippen LogP contribution is -2.52. The van der Waals surface area contributed by atoms with Crippen LogP contribution in [0.2, 0.25) is 0 Å². The molecule has 1 aromatic rings. The first-order valence-corrected chi connectivity index (χ1v) is 7.73. The van der Waals surface area contributed by atoms with E-state index in [9.17, 15) is 23.9 Å². The fourth-order valence-corrected chi connectivity index (χ4v) is 2.32. The molecule has 2 amide bonds. The summed E-state index contributed by atoms with van der Waals surface area (Å²) in [4.78, 5) is 35.0. The molecular formula is C17H23FN2O4. The molecule has 0 bridgehead atoms. The van der Waals surface area contributed by atoms with Gasteiger partial charge in [-0.25, -0.2) is 9.18 Å². The van der Waals surface area contributed by atoms with Gasteiger partial charge in [-0.15, -0.1) is 0 Å². The van der Waals surface area contributed by atoms with Crippen molar-refractivity contribution in [1.29, 1.82) is 0 Å². The average molecular weight is 338 g/mol. The molecular weight excluding hydrogens is 315 g/mol. The van der Waals surface area contributed by atoms with E-state index in [2.05, 4.69) is 10.6 Å². The molecule has 0 radical (unpaired) electrons. The number of nitrogens with one attached hydrogen (secondary N) is 2. The first-order chi connectivity index (χ1) is 11.2. The summed E-state index contributed by atoms with van der Waals surface area (Å²) in [5.41, 5.74) is 0.527. The van der Waals surface area contributed by atoms with E-state index in [1.54, 1.807) is 6.07 Å². The number of carbonyl (C=O) groups excluding carboxylic acids is 2. The molecule has 0 aromatic heterocycles. The first kappa shape index (κ1) is 19.6. The Morgan fingerprint density at radius 3 is 2.33 bits per heavy atom. The van der Waals surface area contributed by atoms with E-state index in [0.717, 1.165) is 0 Å². The Labute approximate surface area is 140 Å². The molecule has 0 fully saturated rings. The van der Waals surface area contributed by atoms with E-state index in [0.29, 0.717) is 5.56 Å². The second-order valence-corrected chi connectivity index (χ2v) is 6.12. The quantitative estimate of drug-likeness (QED) is 0.669. The summed E-state index contributed by atoms with van der Waals surface area (Å²) >= 11 is 0. The second kappa shape index (κ2) is 9.00. The lowest BCUT2D eigenvalue weighted by Gasteiger charge is -2.22. The summed E-state index contributed by atoms with van der Waals surface area (Å²) in [6, 6.07) is 3.67. The van der Waals surface area contributed by atoms with Crippen LogP contribution in [0.15, 0.2) is 24.3 Å². The van der Waals surface area contributed by atoms with Crippen molar-refractivity contribution in [2.24, 2.45) is 5.92 Å². The van der Waals surface area contributed by atoms with Crippen molar-refractivity contribution in [3.63, 3.8) is 0 Å². The Morgan fingerprint density at radius 1 is 1.17 bits per heavy atom. The van der Waals surface area contributed by atoms with Gasteiger partial charge in [0, 0.05) is 13.3 Å². The maximum atomic E-state index is 13.3. The monoisotopic (exact) mass is 338 g/mol. The number of hydrogen-bond donors (Lipinski definition) is 3. The van der Waals surface area contributed by atoms with Gasteiger partial charge in [0.2, 0.25) is 11.8 Å². The molecule has 0 saturated carbocycles. The van der Waals surface area contributed by atoms with Gasteiger partial charge in [-0.3, -0.25) is 9.59 Å². The first-order valence-electron chi connectivity index (χ1n) is 7.73. The number of carboxylic acid groups (broad SMARTS) is 1. The summed E-state index contributed by atoms with van der Waals surface area (Å²) in [7, 11) is 0. The molecule has 1 rings (SSSR count). The van der Waals surface area contributed by atoms with Gasteiger partial charge in [0.05, 0.1) is 0 Å². The second-order valence-electron chi connectivity index (χ2n) is 6.12. The molecule has 2 atom stereocenters. The van der Waals surface area contributed by atoms with Crippen molar-refractivity contribution < 1.29 is 23.9 Å². The number of aliphatic carboxylic acids is 1. The maximum Gasteiger partial charge on any atom is 0.326 e. The van der Waals surface area contributed by atoms with Crippen LogP contribution in [-0.2, 0) is 20.8 Å². The third kappa shape index (κ3) is 6.76. The zero-order valence-corrected chi connectivity index (χ0v) is 14.0. The van der Waals surface area contributed by atoms with Gasteiger partial charge in [-0.2, -0.15) is 0 Å². The number of carboxylic acids is 1. The van der Waals surface area contributed by atoms with Crippen LogP contribution in [0.25, 0.3) is 0 Å². The minimum Gasteiger partial charge on any atom is -0.480 e. The van der Waals surface area contributed by atoms with Crippen LogP contribution < -0.4 is 10.6 Å². The number of hydrogen-bond acceptors (Lipinski definition) is 3. The number of amides is 2. The zero-order chi connectivity index (χ0) is 18.3. The molecule has 24 heavy (non-hydrogen) atoms. The van der Waals surface area contributed by atoms with Crippen LogP contribution >= 0.6 is 0 Å². The van der Waals surface area contributed by atoms with E-state index in [1.807, 2.05) is 13.8 Å². The number of rotatable bonds is 8. The van der Waals surface area contributed by atoms with Gasteiger partial charge < -0.3 is 15.7 Å². The fraction of sp³-hybridized carbons (Fsp3) is 0.471. The Morgan fingerprint density at radius 2 is 1.83 bits per heavy atom. The molecule has 3 N–H and O–H groups in total. The highest BCUT2D eigenvalue weighted by atomic mass is 19.1. The molecule has 0 aliphatic rings. The average Bonchev–Trinajstić information content (AvgIpc) is 2.44. The number of benzene rings is 1. The van der Waals surface area contributed by atoms with Crippen molar-refractivity contribution in [3.05, 3.63) is 35.6 Å². The number of carbonyl (C=O) groups is 3. The van der Waals surface area contributed by atoms with Gasteiger partial charge in [0.15, 0.2) is 0 Å². The minimum atomic E-state index is -1.13. The molecule has 0 saturated heterocycles. The van der Waals surface area contributed by atoms with E-state index in [4.69, 9.17) is 0 Å². The molecule has 0 heterocycles. The van der Waals surface area contributed by atoms with Crippen molar-refractivity contribution >= 4 is 17.8 Å². The summed E-state index contributed by atoms with van der Waals surface area (Å²) in [5, 5.41) is 14.1. The summed E-state index contributed by atoms with van der Waals surface area (Å²) in [6.07, 6.45) is 0.338. The normalized spacial score (nSPS) is 13.2. The Kier molecular flexibility index (Phi) is 7.35. The summed E-state index contributed by atoms with van der Waals surface area (Å²) in [6.45, 7) is 4.95. The van der Waals surface area contributed by atoms with Crippen LogP contribution in [0.3, 0.4) is 0 Å². The lowest BCUT2D eigenvalue weighted by atomic mass is 10.0. The van der Waals surface area contributed by atoms with Crippen LogP contribution in [0, 0.1) is 11.7 Å². The molecule has 1 aromatic carbocycles. The largest absolute Gasteiger partial charge is 0.480 e. The summed E-state index contributed by atoms with van der Waals surface area (Å²) in [5.74, 6) is -2.54. The molecule has 0 spiro atoms. The van der Waals surface area contributed by atoms with Crippen molar-refractivity contribution in [2.75, 3.05) is 0 Å². The van der Waals surface area contributed by atoms with Gasteiger partial charge >= 0.3 is 5.97 Å². The SMILES string of the molecule is CC(=O)N[C@@H](Cc1cccc(F)c1)C(=O)N[C@@H](CC(C)C)C(=O)O. The minimum absolute atomic E-state index is 0.0667. The van der Waals surface area contributed by atoms with E-state index >= 15 is 0 Å². The third-order valence-corrected chi connectivity index (χ3v) is 3.34. The highest BCUT2D eigenvalue weighted by Crippen LogP contribution is 2.09. The van der Waals surface area contributed by atoms with Gasteiger partial charge in [0.25, 0.3) is 0 Å². The predicted molar refractivity (Wildman–Crippen MR) is 86.7 cm³/mol. The van der Waals surface area contributed by atoms with Crippen LogP contribution in [-0.4, -0.2) is 35.0 Å². The van der Waals surface area contributed by atoms with E-state index < -0.39 is 35.7 Å². The lowest BCUT2D eigenvalue weighted by molar-refractivity contribution is -0.142. The van der Waals surface area contributed by atoms with Crippen LogP contribution in [0.1, 0.15) is 32.8 Å². The molecule has 0 aliphatic carbocycles. The maximum absolute atomic E-state index is 13.3. The van der Waals surface area contributed by atoms with Crippen molar-refractivity contribution in [3.8, 4) is 0 Å². The highest BCUT2D eigenvalue weighted by molar-refractivity contribution is 5.90. The number of halogens is 1. The highest BCUT2D eigenvalue weighted by Gasteiger charge is 2.26. The van der Waals surface area contributed by atoms with Crippen molar-refractivity contribution in [1.82, 2.24) is 10.6 Å². The molecule has 0 aliphatic heterocycles. The van der Waals surface area contributed by atoms with E-state index in [-0.39, 0.29) is 18.8 Å². The third-order valence-electron chi connectivity index (χ3n) is 3.34. The van der Waals surface area contributed by atoms with Crippen LogP contribution in [0.5, 0.6) is 0 Å². The van der Waals surface area contributed by atoms with Gasteiger partial charge in [-0.1, -0.05) is 26.0 Å². The summed E-state index contributed by atoms with van der Waals surface area (Å²) < 4.78 is 13.3. The molecule has 0 unspecified atom stereocenters. The molecule has 132 valence electrons. The van der Waals surface area contributed by atoms with E-state index in [1.165, 1.54) is 25.1 Å². The Hall–Kier alpha value is -2.44. The topological polar surface area (TPSA) is 95.5 Å². The predicted octanol–water partition coefficient (Wildman–Crippen LogP) is 1.49. The van der Waals surface area contributed by atoms with Gasteiger partial charge in [0.1, 0.15) is 17.9 Å². The fourth-order valence-electron chi connectivity index (χ4n) is 2.32. The molecule has 7 heteroatoms. The standard InChI is InChI=1S/C17H23FN2O4/c1-10(2)7-15(17(23)24)20-16(22)14(19-11(3)21)9-12-5-4-6-13(18)8-12/h4-6,8,10,14-15H,7,9H2,1-3H3,(H,19,21)(H,20,22)(H,23,24)/t14-,15-/m0/s1. The Bertz CT molecular complexity index is 604. The van der Waals surface area contributed by atoms with Crippen LogP contribution in [0.4, 0.5) is 4.39 Å². The Balaban J connectivity index is 2.87. The zero-order valence-electron chi connectivity index (χ0n) is 14.0. The van der Waals surface area contributed by atoms with Crippen molar-refractivity contribution in [2.45, 2.75) is 45.7 Å².